The van der Waals surface area contributed by atoms with Crippen molar-refractivity contribution >= 4 is 43.7 Å². The molecular weight excluding hydrogens is 691 g/mol. The zero-order chi connectivity index (χ0) is 37.2. The van der Waals surface area contributed by atoms with E-state index in [1.165, 1.54) is 82.6 Å². The second-order valence-corrected chi connectivity index (χ2v) is 15.5. The lowest BCUT2D eigenvalue weighted by atomic mass is 9.70. The standard InChI is InChI=1S/C54H33N3/c1-7-19-45-38(13-1)39-14-2-8-20-46(39)54(45)47-21-9-3-18-43(47)52-48(54)33-44-42-17-6-12-24-51(42)57(53(44)55-52)37-31-27-35(28-32-37)34-25-29-36(30-26-34)56-49-22-10-4-15-40(49)41-16-5-11-23-50(41)56/h1-33H. The molecule has 0 atom stereocenters. The summed E-state index contributed by atoms with van der Waals surface area (Å²) in [5.41, 5.74) is 18.9. The molecule has 3 heterocycles. The molecule has 11 aromatic rings. The van der Waals surface area contributed by atoms with Gasteiger partial charge in [-0.25, -0.2) is 4.98 Å². The molecule has 0 fully saturated rings. The molecule has 0 radical (unpaired) electrons. The molecule has 264 valence electrons. The molecule has 0 amide bonds. The van der Waals surface area contributed by atoms with E-state index in [-0.39, 0.29) is 0 Å². The first-order valence-corrected chi connectivity index (χ1v) is 19.7. The van der Waals surface area contributed by atoms with Crippen LogP contribution in [-0.4, -0.2) is 14.1 Å². The number of pyridine rings is 1. The van der Waals surface area contributed by atoms with Crippen LogP contribution < -0.4 is 0 Å². The molecule has 0 aliphatic heterocycles. The first-order valence-electron chi connectivity index (χ1n) is 19.7. The summed E-state index contributed by atoms with van der Waals surface area (Å²) in [5.74, 6) is 0. The van der Waals surface area contributed by atoms with Crippen molar-refractivity contribution < 1.29 is 0 Å². The maximum atomic E-state index is 5.69. The van der Waals surface area contributed by atoms with Crippen LogP contribution >= 0.6 is 0 Å². The molecule has 0 saturated heterocycles. The number of fused-ring (bicyclic) bond motifs is 16. The molecule has 0 saturated carbocycles. The first kappa shape index (κ1) is 30.8. The SMILES string of the molecule is c1ccc2c(c1)-c1ccccc1C21c2ccccc2-c2nc3c(cc21)c1ccccc1n3-c1ccc(-c2ccc(-n3c4ccccc4c4ccccc43)cc2)cc1. The molecule has 1 spiro atoms. The zero-order valence-electron chi connectivity index (χ0n) is 30.9. The Hall–Kier alpha value is -7.49. The van der Waals surface area contributed by atoms with Gasteiger partial charge in [-0.05, 0) is 93.0 Å². The number of nitrogens with zero attached hydrogens (tertiary/aromatic N) is 3. The van der Waals surface area contributed by atoms with Crippen molar-refractivity contribution in [2.45, 2.75) is 5.41 Å². The molecule has 0 bridgehead atoms. The normalized spacial score (nSPS) is 13.4. The maximum Gasteiger partial charge on any atom is 0.146 e. The molecule has 0 unspecified atom stereocenters. The summed E-state index contributed by atoms with van der Waals surface area (Å²) in [6, 6.07) is 73.4. The minimum Gasteiger partial charge on any atom is -0.309 e. The van der Waals surface area contributed by atoms with E-state index in [1.54, 1.807) is 0 Å². The van der Waals surface area contributed by atoms with E-state index in [0.29, 0.717) is 0 Å². The Morgan fingerprint density at radius 1 is 0.333 bits per heavy atom. The van der Waals surface area contributed by atoms with E-state index >= 15 is 0 Å². The van der Waals surface area contributed by atoms with Gasteiger partial charge in [0.2, 0.25) is 0 Å². The highest BCUT2D eigenvalue weighted by Crippen LogP contribution is 2.62. The molecule has 3 heteroatoms. The summed E-state index contributed by atoms with van der Waals surface area (Å²) in [6.45, 7) is 0. The Kier molecular flexibility index (Phi) is 6.10. The lowest BCUT2D eigenvalue weighted by Gasteiger charge is -2.30. The van der Waals surface area contributed by atoms with Crippen molar-refractivity contribution in [3.8, 4) is 44.9 Å². The predicted octanol–water partition coefficient (Wildman–Crippen LogP) is 13.3. The highest BCUT2D eigenvalue weighted by atomic mass is 15.1. The number of hydrogen-bond donors (Lipinski definition) is 0. The second-order valence-electron chi connectivity index (χ2n) is 15.5. The summed E-state index contributed by atoms with van der Waals surface area (Å²) in [4.78, 5) is 5.69. The van der Waals surface area contributed by atoms with E-state index in [1.807, 2.05) is 0 Å². The van der Waals surface area contributed by atoms with E-state index in [0.717, 1.165) is 28.2 Å². The van der Waals surface area contributed by atoms with Gasteiger partial charge in [0.1, 0.15) is 5.65 Å². The average Bonchev–Trinajstić information content (AvgIpc) is 3.98. The van der Waals surface area contributed by atoms with Crippen LogP contribution in [-0.2, 0) is 5.41 Å². The third-order valence-corrected chi connectivity index (χ3v) is 12.8. The fraction of sp³-hybridized carbons (Fsp3) is 0.0185. The third kappa shape index (κ3) is 3.97. The molecule has 2 aliphatic rings. The van der Waals surface area contributed by atoms with Crippen molar-refractivity contribution in [1.82, 2.24) is 14.1 Å². The van der Waals surface area contributed by atoms with Crippen LogP contribution in [0.1, 0.15) is 22.3 Å². The first-order chi connectivity index (χ1) is 28.3. The van der Waals surface area contributed by atoms with Crippen molar-refractivity contribution in [3.05, 3.63) is 222 Å². The predicted molar refractivity (Wildman–Crippen MR) is 235 cm³/mol. The lowest BCUT2D eigenvalue weighted by molar-refractivity contribution is 0.793. The van der Waals surface area contributed by atoms with Crippen molar-refractivity contribution in [2.75, 3.05) is 0 Å². The van der Waals surface area contributed by atoms with Gasteiger partial charge in [0.25, 0.3) is 0 Å². The molecule has 13 rings (SSSR count). The minimum atomic E-state index is -0.428. The zero-order valence-corrected chi connectivity index (χ0v) is 30.9. The summed E-state index contributed by atoms with van der Waals surface area (Å²) >= 11 is 0. The number of hydrogen-bond acceptors (Lipinski definition) is 1. The van der Waals surface area contributed by atoms with E-state index in [9.17, 15) is 0 Å². The van der Waals surface area contributed by atoms with Gasteiger partial charge in [0.05, 0.1) is 27.7 Å². The molecule has 8 aromatic carbocycles. The smallest absolute Gasteiger partial charge is 0.146 e. The van der Waals surface area contributed by atoms with Crippen LogP contribution in [0.4, 0.5) is 0 Å². The van der Waals surface area contributed by atoms with Gasteiger partial charge >= 0.3 is 0 Å². The summed E-state index contributed by atoms with van der Waals surface area (Å²) in [6.07, 6.45) is 0. The molecular formula is C54H33N3. The van der Waals surface area contributed by atoms with Gasteiger partial charge in [-0.3, -0.25) is 4.57 Å². The largest absolute Gasteiger partial charge is 0.309 e. The Labute approximate surface area is 329 Å². The second kappa shape index (κ2) is 11.3. The third-order valence-electron chi connectivity index (χ3n) is 12.8. The Morgan fingerprint density at radius 2 is 0.737 bits per heavy atom. The maximum absolute atomic E-state index is 5.69. The van der Waals surface area contributed by atoms with Gasteiger partial charge in [-0.2, -0.15) is 0 Å². The van der Waals surface area contributed by atoms with Gasteiger partial charge in [0, 0.05) is 38.5 Å². The fourth-order valence-electron chi connectivity index (χ4n) is 10.4. The lowest BCUT2D eigenvalue weighted by Crippen LogP contribution is -2.25. The monoisotopic (exact) mass is 723 g/mol. The summed E-state index contributed by atoms with van der Waals surface area (Å²) < 4.78 is 4.72. The molecule has 3 aromatic heterocycles. The molecule has 2 aliphatic carbocycles. The summed E-state index contributed by atoms with van der Waals surface area (Å²) in [7, 11) is 0. The van der Waals surface area contributed by atoms with Crippen LogP contribution in [0.15, 0.2) is 200 Å². The van der Waals surface area contributed by atoms with Crippen LogP contribution in [0, 0.1) is 0 Å². The van der Waals surface area contributed by atoms with E-state index in [4.69, 9.17) is 4.98 Å². The van der Waals surface area contributed by atoms with E-state index in [2.05, 4.69) is 209 Å². The Balaban J connectivity index is 0.958. The molecule has 0 N–H and O–H groups in total. The molecule has 57 heavy (non-hydrogen) atoms. The number of aromatic nitrogens is 3. The van der Waals surface area contributed by atoms with Crippen LogP contribution in [0.3, 0.4) is 0 Å². The number of para-hydroxylation sites is 3. The van der Waals surface area contributed by atoms with E-state index < -0.39 is 5.41 Å². The van der Waals surface area contributed by atoms with Gasteiger partial charge in [-0.1, -0.05) is 152 Å². The fourth-order valence-corrected chi connectivity index (χ4v) is 10.4. The van der Waals surface area contributed by atoms with Gasteiger partial charge < -0.3 is 4.57 Å². The van der Waals surface area contributed by atoms with Gasteiger partial charge in [-0.15, -0.1) is 0 Å². The van der Waals surface area contributed by atoms with Crippen LogP contribution in [0.25, 0.3) is 88.6 Å². The van der Waals surface area contributed by atoms with Crippen molar-refractivity contribution in [1.29, 1.82) is 0 Å². The topological polar surface area (TPSA) is 22.8 Å². The number of rotatable bonds is 3. The highest BCUT2D eigenvalue weighted by Gasteiger charge is 2.52. The van der Waals surface area contributed by atoms with Crippen molar-refractivity contribution in [2.24, 2.45) is 0 Å². The van der Waals surface area contributed by atoms with Gasteiger partial charge in [0.15, 0.2) is 0 Å². The Bertz CT molecular complexity index is 3350. The Morgan fingerprint density at radius 3 is 1.28 bits per heavy atom. The minimum absolute atomic E-state index is 0.428. The quantitative estimate of drug-likeness (QED) is 0.178. The highest BCUT2D eigenvalue weighted by molar-refractivity contribution is 6.11. The average molecular weight is 724 g/mol. The summed E-state index contributed by atoms with van der Waals surface area (Å²) in [5, 5.41) is 4.92. The van der Waals surface area contributed by atoms with Crippen molar-refractivity contribution in [3.63, 3.8) is 0 Å². The van der Waals surface area contributed by atoms with Crippen LogP contribution in [0.5, 0.6) is 0 Å². The number of benzene rings is 8. The van der Waals surface area contributed by atoms with Crippen LogP contribution in [0.2, 0.25) is 0 Å². The molecule has 3 nitrogen and oxygen atoms in total.